The first-order chi connectivity index (χ1) is 10.7. The smallest absolute Gasteiger partial charge is 0.222 e. The number of aliphatic hydroxyl groups is 8. The first-order valence-corrected chi connectivity index (χ1v) is 6.81. The van der Waals surface area contributed by atoms with Crippen LogP contribution >= 0.6 is 0 Å². The van der Waals surface area contributed by atoms with Crippen molar-refractivity contribution in [2.45, 2.75) is 42.4 Å². The molecule has 1 saturated heterocycles. The highest BCUT2D eigenvalue weighted by atomic mass is 16.7. The molecular weight excluding hydrogens is 320 g/mol. The molecule has 23 heavy (non-hydrogen) atoms. The lowest BCUT2D eigenvalue weighted by Crippen LogP contribution is -2.51. The average Bonchev–Trinajstić information content (AvgIpc) is 2.82. The van der Waals surface area contributed by atoms with Crippen molar-refractivity contribution in [1.82, 2.24) is 0 Å². The molecule has 0 spiro atoms. The maximum Gasteiger partial charge on any atom is 0.222 e. The SMILES string of the molecule is O=C(COC1(CO)O[C@H](CO)[C@@H](O)[C@@H]1O)C(O)C(O)C(O)CO. The molecule has 8 N–H and O–H groups in total. The predicted octanol–water partition coefficient (Wildman–Crippen LogP) is -5.55. The fourth-order valence-electron chi connectivity index (χ4n) is 2.09. The molecule has 136 valence electrons. The lowest BCUT2D eigenvalue weighted by molar-refractivity contribution is -0.274. The Morgan fingerprint density at radius 1 is 1.17 bits per heavy atom. The number of aliphatic hydroxyl groups excluding tert-OH is 8. The van der Waals surface area contributed by atoms with E-state index in [0.29, 0.717) is 0 Å². The standard InChI is InChI=1S/C12H22O11/c13-1-5(16)8(18)9(19)6(17)3-22-12(4-15)11(21)10(20)7(2-14)23-12/h5,7-11,13-16,18-21H,1-4H2/t5?,7-,8?,9?,10-,11+,12?/m1/s1. The number of hydrogen-bond donors (Lipinski definition) is 8. The summed E-state index contributed by atoms with van der Waals surface area (Å²) in [5.41, 5.74) is 0. The van der Waals surface area contributed by atoms with Crippen LogP contribution in [0.5, 0.6) is 0 Å². The molecule has 0 saturated carbocycles. The van der Waals surface area contributed by atoms with Gasteiger partial charge in [0.05, 0.1) is 13.2 Å². The summed E-state index contributed by atoms with van der Waals surface area (Å²) < 4.78 is 9.97. The van der Waals surface area contributed by atoms with Gasteiger partial charge in [-0.05, 0) is 0 Å². The summed E-state index contributed by atoms with van der Waals surface area (Å²) in [6.45, 7) is -3.48. The molecular formula is C12H22O11. The molecule has 0 aromatic heterocycles. The summed E-state index contributed by atoms with van der Waals surface area (Å²) in [5, 5.41) is 74.5. The quantitative estimate of drug-likeness (QED) is 0.199. The van der Waals surface area contributed by atoms with Crippen LogP contribution in [0.15, 0.2) is 0 Å². The van der Waals surface area contributed by atoms with Crippen LogP contribution in [0, 0.1) is 0 Å². The van der Waals surface area contributed by atoms with Crippen molar-refractivity contribution in [3.05, 3.63) is 0 Å². The Morgan fingerprint density at radius 2 is 1.78 bits per heavy atom. The Kier molecular flexibility index (Phi) is 7.41. The molecule has 4 unspecified atom stereocenters. The van der Waals surface area contributed by atoms with Crippen LogP contribution in [0.2, 0.25) is 0 Å². The Balaban J connectivity index is 2.69. The summed E-state index contributed by atoms with van der Waals surface area (Å²) in [6, 6.07) is 0. The molecule has 11 heteroatoms. The van der Waals surface area contributed by atoms with Crippen molar-refractivity contribution >= 4 is 5.78 Å². The van der Waals surface area contributed by atoms with Crippen LogP contribution < -0.4 is 0 Å². The summed E-state index contributed by atoms with van der Waals surface area (Å²) >= 11 is 0. The summed E-state index contributed by atoms with van der Waals surface area (Å²) in [4.78, 5) is 11.7. The van der Waals surface area contributed by atoms with E-state index >= 15 is 0 Å². The molecule has 1 aliphatic heterocycles. The van der Waals surface area contributed by atoms with Gasteiger partial charge in [0.15, 0.2) is 5.78 Å². The van der Waals surface area contributed by atoms with Crippen LogP contribution in [0.4, 0.5) is 0 Å². The third-order valence-corrected chi connectivity index (χ3v) is 3.60. The monoisotopic (exact) mass is 342 g/mol. The molecule has 0 aliphatic carbocycles. The van der Waals surface area contributed by atoms with E-state index in [1.54, 1.807) is 0 Å². The van der Waals surface area contributed by atoms with Crippen molar-refractivity contribution < 1.29 is 55.1 Å². The number of ketones is 1. The van der Waals surface area contributed by atoms with Gasteiger partial charge in [-0.3, -0.25) is 4.79 Å². The first-order valence-electron chi connectivity index (χ1n) is 6.81. The van der Waals surface area contributed by atoms with E-state index in [2.05, 4.69) is 0 Å². The van der Waals surface area contributed by atoms with E-state index < -0.39 is 74.6 Å². The maximum atomic E-state index is 11.7. The number of Topliss-reactive ketones (excluding diaryl/α,β-unsaturated/α-hetero) is 1. The molecule has 0 bridgehead atoms. The van der Waals surface area contributed by atoms with Crippen molar-refractivity contribution in [2.75, 3.05) is 26.4 Å². The van der Waals surface area contributed by atoms with Gasteiger partial charge < -0.3 is 50.3 Å². The zero-order chi connectivity index (χ0) is 17.8. The second-order valence-corrected chi connectivity index (χ2v) is 5.18. The molecule has 7 atom stereocenters. The highest BCUT2D eigenvalue weighted by molar-refractivity contribution is 5.84. The van der Waals surface area contributed by atoms with Gasteiger partial charge in [-0.15, -0.1) is 0 Å². The minimum absolute atomic E-state index is 0.679. The second-order valence-electron chi connectivity index (χ2n) is 5.18. The van der Waals surface area contributed by atoms with Crippen LogP contribution in [0.25, 0.3) is 0 Å². The second kappa shape index (κ2) is 8.39. The number of carbonyl (C=O) groups is 1. The number of ether oxygens (including phenoxy) is 2. The van der Waals surface area contributed by atoms with Crippen molar-refractivity contribution in [3.8, 4) is 0 Å². The lowest BCUT2D eigenvalue weighted by Gasteiger charge is -2.30. The van der Waals surface area contributed by atoms with Gasteiger partial charge in [0.1, 0.15) is 49.8 Å². The van der Waals surface area contributed by atoms with E-state index in [1.165, 1.54) is 0 Å². The van der Waals surface area contributed by atoms with Gasteiger partial charge in [-0.25, -0.2) is 0 Å². The average molecular weight is 342 g/mol. The first kappa shape index (κ1) is 20.3. The summed E-state index contributed by atoms with van der Waals surface area (Å²) in [7, 11) is 0. The van der Waals surface area contributed by atoms with Crippen LogP contribution in [-0.2, 0) is 14.3 Å². The minimum atomic E-state index is -2.19. The van der Waals surface area contributed by atoms with E-state index in [9.17, 15) is 30.3 Å². The van der Waals surface area contributed by atoms with Crippen LogP contribution in [0.1, 0.15) is 0 Å². The molecule has 1 aliphatic rings. The van der Waals surface area contributed by atoms with Crippen molar-refractivity contribution in [2.24, 2.45) is 0 Å². The van der Waals surface area contributed by atoms with Crippen molar-refractivity contribution in [3.63, 3.8) is 0 Å². The molecule has 0 aromatic carbocycles. The largest absolute Gasteiger partial charge is 0.394 e. The zero-order valence-corrected chi connectivity index (χ0v) is 12.1. The van der Waals surface area contributed by atoms with Gasteiger partial charge in [-0.2, -0.15) is 0 Å². The van der Waals surface area contributed by atoms with Crippen molar-refractivity contribution in [1.29, 1.82) is 0 Å². The molecule has 0 aromatic rings. The minimum Gasteiger partial charge on any atom is -0.394 e. The van der Waals surface area contributed by atoms with E-state index in [4.69, 9.17) is 24.8 Å². The van der Waals surface area contributed by atoms with Crippen LogP contribution in [-0.4, -0.2) is 115 Å². The highest BCUT2D eigenvalue weighted by Gasteiger charge is 2.55. The van der Waals surface area contributed by atoms with Gasteiger partial charge in [0.25, 0.3) is 0 Å². The molecule has 1 rings (SSSR count). The molecule has 0 radical (unpaired) electrons. The van der Waals surface area contributed by atoms with Gasteiger partial charge in [0, 0.05) is 0 Å². The number of carbonyl (C=O) groups excluding carboxylic acids is 1. The normalized spacial score (nSPS) is 35.0. The maximum absolute atomic E-state index is 11.7. The Labute approximate surface area is 130 Å². The third-order valence-electron chi connectivity index (χ3n) is 3.60. The van der Waals surface area contributed by atoms with E-state index in [0.717, 1.165) is 0 Å². The Hall–Kier alpha value is -0.730. The third kappa shape index (κ3) is 4.22. The fraction of sp³-hybridized carbons (Fsp3) is 0.917. The predicted molar refractivity (Wildman–Crippen MR) is 69.9 cm³/mol. The molecule has 1 fully saturated rings. The number of hydrogen-bond acceptors (Lipinski definition) is 11. The molecule has 1 heterocycles. The van der Waals surface area contributed by atoms with E-state index in [1.807, 2.05) is 0 Å². The summed E-state index contributed by atoms with van der Waals surface area (Å²) in [5.74, 6) is -3.32. The van der Waals surface area contributed by atoms with Gasteiger partial charge in [-0.1, -0.05) is 0 Å². The Bertz CT molecular complexity index is 391. The molecule has 11 nitrogen and oxygen atoms in total. The van der Waals surface area contributed by atoms with Gasteiger partial charge >= 0.3 is 0 Å². The number of rotatable bonds is 9. The fourth-order valence-corrected chi connectivity index (χ4v) is 2.09. The van der Waals surface area contributed by atoms with Gasteiger partial charge in [0.2, 0.25) is 5.79 Å². The Morgan fingerprint density at radius 3 is 2.22 bits per heavy atom. The summed E-state index contributed by atoms with van der Waals surface area (Å²) in [6.07, 6.45) is -10.4. The molecule has 0 amide bonds. The van der Waals surface area contributed by atoms with Crippen LogP contribution in [0.3, 0.4) is 0 Å². The zero-order valence-electron chi connectivity index (χ0n) is 12.1. The lowest BCUT2D eigenvalue weighted by atomic mass is 10.0. The van der Waals surface area contributed by atoms with E-state index in [-0.39, 0.29) is 0 Å². The highest BCUT2D eigenvalue weighted by Crippen LogP contribution is 2.32. The topological polar surface area (TPSA) is 197 Å².